The van der Waals surface area contributed by atoms with Crippen LogP contribution in [0.4, 0.5) is 0 Å². The minimum atomic E-state index is -0.00981. The first-order chi connectivity index (χ1) is 9.41. The Hall–Kier alpha value is -1.09. The molecule has 1 aromatic heterocycles. The van der Waals surface area contributed by atoms with Crippen molar-refractivity contribution in [3.8, 4) is 0 Å². The third kappa shape index (κ3) is 5.49. The molecule has 0 aliphatic heterocycles. The summed E-state index contributed by atoms with van der Waals surface area (Å²) in [6, 6.07) is 1.66. The number of halogens is 1. The van der Waals surface area contributed by atoms with Gasteiger partial charge in [0.1, 0.15) is 0 Å². The summed E-state index contributed by atoms with van der Waals surface area (Å²) in [6.45, 7) is 10.2. The molecule has 0 spiro atoms. The molecule has 20 heavy (non-hydrogen) atoms. The molecule has 0 N–H and O–H groups in total. The highest BCUT2D eigenvalue weighted by Crippen LogP contribution is 2.17. The average molecular weight is 297 g/mol. The van der Waals surface area contributed by atoms with Crippen molar-refractivity contribution in [3.63, 3.8) is 0 Å². The Morgan fingerprint density at radius 3 is 2.20 bits per heavy atom. The van der Waals surface area contributed by atoms with Crippen LogP contribution in [0, 0.1) is 11.8 Å². The first-order valence-corrected chi connectivity index (χ1v) is 7.68. The molecule has 1 rings (SSSR count). The molecule has 1 heterocycles. The Labute approximate surface area is 127 Å². The maximum absolute atomic E-state index is 12.6. The fourth-order valence-electron chi connectivity index (χ4n) is 1.85. The molecule has 1 aromatic rings. The Kier molecular flexibility index (Phi) is 7.00. The van der Waals surface area contributed by atoms with Crippen LogP contribution in [0.5, 0.6) is 0 Å². The zero-order valence-electron chi connectivity index (χ0n) is 12.9. The Morgan fingerprint density at radius 1 is 1.20 bits per heavy atom. The third-order valence-electron chi connectivity index (χ3n) is 3.24. The van der Waals surface area contributed by atoms with E-state index in [4.69, 9.17) is 11.6 Å². The lowest BCUT2D eigenvalue weighted by Gasteiger charge is -2.24. The van der Waals surface area contributed by atoms with Gasteiger partial charge in [-0.2, -0.15) is 0 Å². The molecule has 0 bridgehead atoms. The van der Waals surface area contributed by atoms with E-state index >= 15 is 0 Å². The van der Waals surface area contributed by atoms with Crippen molar-refractivity contribution < 1.29 is 4.79 Å². The number of aromatic nitrogens is 1. The molecule has 3 nitrogen and oxygen atoms in total. The molecule has 1 amide bonds. The summed E-state index contributed by atoms with van der Waals surface area (Å²) in [4.78, 5) is 18.5. The lowest BCUT2D eigenvalue weighted by atomic mass is 10.1. The van der Waals surface area contributed by atoms with Crippen LogP contribution < -0.4 is 0 Å². The van der Waals surface area contributed by atoms with Gasteiger partial charge in [-0.05, 0) is 30.7 Å². The Morgan fingerprint density at radius 2 is 1.75 bits per heavy atom. The van der Waals surface area contributed by atoms with Gasteiger partial charge in [0.05, 0.1) is 10.6 Å². The topological polar surface area (TPSA) is 33.2 Å². The molecule has 0 radical (unpaired) electrons. The molecule has 0 saturated heterocycles. The summed E-state index contributed by atoms with van der Waals surface area (Å²) in [5, 5.41) is 0.476. The van der Waals surface area contributed by atoms with Gasteiger partial charge in [-0.3, -0.25) is 9.78 Å². The summed E-state index contributed by atoms with van der Waals surface area (Å²) in [5.74, 6) is 1.15. The summed E-state index contributed by atoms with van der Waals surface area (Å²) in [7, 11) is 0. The SMILES string of the molecule is CC(C)CCN(CCC(C)C)C(=O)c1cnccc1Cl. The molecule has 0 fully saturated rings. The second-order valence-electron chi connectivity index (χ2n) is 6.01. The Bertz CT molecular complexity index is 420. The Balaban J connectivity index is 2.80. The number of carbonyl (C=O) groups is 1. The van der Waals surface area contributed by atoms with Crippen molar-refractivity contribution in [2.75, 3.05) is 13.1 Å². The van der Waals surface area contributed by atoms with Crippen molar-refractivity contribution in [2.45, 2.75) is 40.5 Å². The van der Waals surface area contributed by atoms with E-state index in [0.29, 0.717) is 22.4 Å². The van der Waals surface area contributed by atoms with E-state index in [1.54, 1.807) is 18.5 Å². The molecular formula is C16H25ClN2O. The largest absolute Gasteiger partial charge is 0.339 e. The van der Waals surface area contributed by atoms with Gasteiger partial charge in [-0.1, -0.05) is 39.3 Å². The predicted molar refractivity (Wildman–Crippen MR) is 84.1 cm³/mol. The van der Waals surface area contributed by atoms with Crippen molar-refractivity contribution in [1.29, 1.82) is 0 Å². The van der Waals surface area contributed by atoms with Crippen molar-refractivity contribution in [3.05, 3.63) is 29.0 Å². The summed E-state index contributed by atoms with van der Waals surface area (Å²) < 4.78 is 0. The van der Waals surface area contributed by atoms with Gasteiger partial charge in [-0.25, -0.2) is 0 Å². The van der Waals surface area contributed by atoms with Crippen LogP contribution in [0.2, 0.25) is 5.02 Å². The zero-order chi connectivity index (χ0) is 15.1. The van der Waals surface area contributed by atoms with E-state index < -0.39 is 0 Å². The van der Waals surface area contributed by atoms with E-state index in [0.717, 1.165) is 25.9 Å². The zero-order valence-corrected chi connectivity index (χ0v) is 13.7. The molecular weight excluding hydrogens is 272 g/mol. The van der Waals surface area contributed by atoms with Crippen molar-refractivity contribution in [2.24, 2.45) is 11.8 Å². The standard InChI is InChI=1S/C16H25ClN2O/c1-12(2)6-9-19(10-7-13(3)4)16(20)14-11-18-8-5-15(14)17/h5,8,11-13H,6-7,9-10H2,1-4H3. The predicted octanol–water partition coefficient (Wildman–Crippen LogP) is 4.27. The van der Waals surface area contributed by atoms with Gasteiger partial charge in [0, 0.05) is 25.5 Å². The summed E-state index contributed by atoms with van der Waals surface area (Å²) >= 11 is 6.10. The first kappa shape index (κ1) is 17.0. The second kappa shape index (κ2) is 8.25. The van der Waals surface area contributed by atoms with Crippen molar-refractivity contribution in [1.82, 2.24) is 9.88 Å². The van der Waals surface area contributed by atoms with Crippen LogP contribution in [0.1, 0.15) is 50.9 Å². The van der Waals surface area contributed by atoms with Crippen LogP contribution in [-0.2, 0) is 0 Å². The number of hydrogen-bond acceptors (Lipinski definition) is 2. The molecule has 112 valence electrons. The molecule has 0 atom stereocenters. The van der Waals surface area contributed by atoms with E-state index in [9.17, 15) is 4.79 Å². The van der Waals surface area contributed by atoms with Crippen LogP contribution in [-0.4, -0.2) is 28.9 Å². The van der Waals surface area contributed by atoms with Crippen molar-refractivity contribution >= 4 is 17.5 Å². The van der Waals surface area contributed by atoms with Crippen LogP contribution in [0.3, 0.4) is 0 Å². The third-order valence-corrected chi connectivity index (χ3v) is 3.57. The minimum Gasteiger partial charge on any atom is -0.339 e. The lowest BCUT2D eigenvalue weighted by molar-refractivity contribution is 0.0740. The quantitative estimate of drug-likeness (QED) is 0.753. The van der Waals surface area contributed by atoms with Crippen LogP contribution >= 0.6 is 11.6 Å². The summed E-state index contributed by atoms with van der Waals surface area (Å²) in [6.07, 6.45) is 5.16. The van der Waals surface area contributed by atoms with Crippen LogP contribution in [0.15, 0.2) is 18.5 Å². The van der Waals surface area contributed by atoms with Gasteiger partial charge in [0.2, 0.25) is 0 Å². The lowest BCUT2D eigenvalue weighted by Crippen LogP contribution is -2.34. The van der Waals surface area contributed by atoms with E-state index in [1.807, 2.05) is 4.90 Å². The maximum Gasteiger partial charge on any atom is 0.256 e. The first-order valence-electron chi connectivity index (χ1n) is 7.30. The normalized spacial score (nSPS) is 11.2. The van der Waals surface area contributed by atoms with Crippen LogP contribution in [0.25, 0.3) is 0 Å². The molecule has 0 saturated carbocycles. The number of carbonyl (C=O) groups excluding carboxylic acids is 1. The average Bonchev–Trinajstić information content (AvgIpc) is 2.38. The fraction of sp³-hybridized carbons (Fsp3) is 0.625. The summed E-state index contributed by atoms with van der Waals surface area (Å²) in [5.41, 5.74) is 0.502. The van der Waals surface area contributed by atoms with E-state index in [-0.39, 0.29) is 5.91 Å². The van der Waals surface area contributed by atoms with Gasteiger partial charge in [0.15, 0.2) is 0 Å². The molecule has 4 heteroatoms. The minimum absolute atomic E-state index is 0.00981. The molecule has 0 aliphatic carbocycles. The molecule has 0 unspecified atom stereocenters. The van der Waals surface area contributed by atoms with Gasteiger partial charge in [0.25, 0.3) is 5.91 Å². The number of rotatable bonds is 7. The number of amides is 1. The highest BCUT2D eigenvalue weighted by atomic mass is 35.5. The number of hydrogen-bond donors (Lipinski definition) is 0. The van der Waals surface area contributed by atoms with Gasteiger partial charge < -0.3 is 4.90 Å². The monoisotopic (exact) mass is 296 g/mol. The smallest absolute Gasteiger partial charge is 0.256 e. The molecule has 0 aliphatic rings. The van der Waals surface area contributed by atoms with E-state index in [1.165, 1.54) is 0 Å². The maximum atomic E-state index is 12.6. The fourth-order valence-corrected chi connectivity index (χ4v) is 2.03. The highest BCUT2D eigenvalue weighted by Gasteiger charge is 2.18. The van der Waals surface area contributed by atoms with Gasteiger partial charge in [-0.15, -0.1) is 0 Å². The number of pyridine rings is 1. The molecule has 0 aromatic carbocycles. The number of nitrogens with zero attached hydrogens (tertiary/aromatic N) is 2. The second-order valence-corrected chi connectivity index (χ2v) is 6.42. The highest BCUT2D eigenvalue weighted by molar-refractivity contribution is 6.33. The van der Waals surface area contributed by atoms with E-state index in [2.05, 4.69) is 32.7 Å². The van der Waals surface area contributed by atoms with Gasteiger partial charge >= 0.3 is 0 Å².